The molecule has 1 atom stereocenters. The Hall–Kier alpha value is -3.62. The maximum Gasteiger partial charge on any atom is 0.328 e. The number of benzene rings is 3. The number of hydrogen-bond donors (Lipinski definition) is 1. The third-order valence-corrected chi connectivity index (χ3v) is 6.11. The van der Waals surface area contributed by atoms with Crippen LogP contribution in [0.4, 0.5) is 0 Å². The standard InChI is InChI=1S/C28H29N3O2/c1-27(2,3)18-31-24-14-11-21(16-25(24)30(5)26(31)32)20-7-6-8-23(15-20)28(4,33)22-12-9-19(17-29)10-13-22/h6-16,33H,18H2,1-5H3. The lowest BCUT2D eigenvalue weighted by atomic mass is 9.86. The normalized spacial score (nSPS) is 13.6. The summed E-state index contributed by atoms with van der Waals surface area (Å²) in [6.45, 7) is 8.77. The minimum atomic E-state index is -1.21. The second-order valence-corrected chi connectivity index (χ2v) is 10.0. The van der Waals surface area contributed by atoms with E-state index in [9.17, 15) is 9.90 Å². The average molecular weight is 440 g/mol. The lowest BCUT2D eigenvalue weighted by Gasteiger charge is -2.25. The van der Waals surface area contributed by atoms with Gasteiger partial charge in [-0.25, -0.2) is 4.79 Å². The van der Waals surface area contributed by atoms with Crippen molar-refractivity contribution in [2.75, 3.05) is 0 Å². The van der Waals surface area contributed by atoms with E-state index in [0.717, 1.165) is 33.3 Å². The van der Waals surface area contributed by atoms with Crippen LogP contribution in [0, 0.1) is 16.7 Å². The molecule has 0 amide bonds. The van der Waals surface area contributed by atoms with E-state index < -0.39 is 5.60 Å². The molecule has 3 aromatic carbocycles. The van der Waals surface area contributed by atoms with E-state index >= 15 is 0 Å². The van der Waals surface area contributed by atoms with Crippen LogP contribution in [-0.2, 0) is 19.2 Å². The van der Waals surface area contributed by atoms with Gasteiger partial charge in [-0.15, -0.1) is 0 Å². The topological polar surface area (TPSA) is 70.9 Å². The van der Waals surface area contributed by atoms with Crippen molar-refractivity contribution in [1.29, 1.82) is 5.26 Å². The van der Waals surface area contributed by atoms with E-state index in [1.165, 1.54) is 0 Å². The van der Waals surface area contributed by atoms with Gasteiger partial charge in [-0.05, 0) is 64.9 Å². The Bertz CT molecular complexity index is 1430. The molecule has 0 saturated carbocycles. The molecule has 0 aliphatic carbocycles. The fourth-order valence-corrected chi connectivity index (χ4v) is 4.25. The number of fused-ring (bicyclic) bond motifs is 1. The molecule has 0 radical (unpaired) electrons. The SMILES string of the molecule is Cn1c(=O)n(CC(C)(C)C)c2ccc(-c3cccc(C(C)(O)c4ccc(C#N)cc4)c3)cc21. The van der Waals surface area contributed by atoms with Crippen LogP contribution in [-0.4, -0.2) is 14.2 Å². The van der Waals surface area contributed by atoms with Crippen LogP contribution in [0.15, 0.2) is 71.5 Å². The number of aromatic nitrogens is 2. The van der Waals surface area contributed by atoms with Gasteiger partial charge in [0.2, 0.25) is 0 Å². The number of rotatable bonds is 4. The van der Waals surface area contributed by atoms with E-state index in [1.54, 1.807) is 42.8 Å². The third-order valence-electron chi connectivity index (χ3n) is 6.11. The lowest BCUT2D eigenvalue weighted by Crippen LogP contribution is -2.27. The Kier molecular flexibility index (Phi) is 5.51. The van der Waals surface area contributed by atoms with Crippen LogP contribution in [0.25, 0.3) is 22.2 Å². The average Bonchev–Trinajstić information content (AvgIpc) is 3.02. The Labute approximate surface area is 194 Å². The molecule has 1 N–H and O–H groups in total. The Morgan fingerprint density at radius 3 is 2.18 bits per heavy atom. The second kappa shape index (κ2) is 8.06. The molecule has 33 heavy (non-hydrogen) atoms. The van der Waals surface area contributed by atoms with E-state index in [4.69, 9.17) is 5.26 Å². The molecule has 0 fully saturated rings. The highest BCUT2D eigenvalue weighted by Crippen LogP contribution is 2.33. The van der Waals surface area contributed by atoms with E-state index in [2.05, 4.69) is 26.8 Å². The third kappa shape index (κ3) is 4.22. The highest BCUT2D eigenvalue weighted by Gasteiger charge is 2.26. The van der Waals surface area contributed by atoms with Gasteiger partial charge in [0.25, 0.3) is 0 Å². The summed E-state index contributed by atoms with van der Waals surface area (Å²) in [5.74, 6) is 0. The van der Waals surface area contributed by atoms with Gasteiger partial charge < -0.3 is 5.11 Å². The molecular formula is C28H29N3O2. The number of nitriles is 1. The zero-order valence-corrected chi connectivity index (χ0v) is 19.8. The first-order valence-electron chi connectivity index (χ1n) is 11.0. The fourth-order valence-electron chi connectivity index (χ4n) is 4.25. The molecule has 0 spiro atoms. The molecule has 0 aliphatic heterocycles. The molecule has 0 bridgehead atoms. The monoisotopic (exact) mass is 439 g/mol. The van der Waals surface area contributed by atoms with Gasteiger partial charge in [0, 0.05) is 13.6 Å². The van der Waals surface area contributed by atoms with Crippen molar-refractivity contribution in [3.63, 3.8) is 0 Å². The summed E-state index contributed by atoms with van der Waals surface area (Å²) in [5, 5.41) is 20.4. The Morgan fingerprint density at radius 2 is 1.55 bits per heavy atom. The summed E-state index contributed by atoms with van der Waals surface area (Å²) < 4.78 is 3.53. The zero-order chi connectivity index (χ0) is 24.0. The van der Waals surface area contributed by atoms with Crippen molar-refractivity contribution in [3.05, 3.63) is 93.9 Å². The maximum atomic E-state index is 12.9. The predicted molar refractivity (Wildman–Crippen MR) is 132 cm³/mol. The summed E-state index contributed by atoms with van der Waals surface area (Å²) in [5.41, 5.74) is 4.52. The van der Waals surface area contributed by atoms with Gasteiger partial charge in [-0.3, -0.25) is 9.13 Å². The zero-order valence-electron chi connectivity index (χ0n) is 19.8. The molecule has 4 aromatic rings. The van der Waals surface area contributed by atoms with Crippen molar-refractivity contribution in [2.24, 2.45) is 12.5 Å². The summed E-state index contributed by atoms with van der Waals surface area (Å²) in [6.07, 6.45) is 0. The van der Waals surface area contributed by atoms with Gasteiger partial charge in [-0.2, -0.15) is 5.26 Å². The molecule has 5 nitrogen and oxygen atoms in total. The fraction of sp³-hybridized carbons (Fsp3) is 0.286. The first kappa shape index (κ1) is 22.6. The maximum absolute atomic E-state index is 12.9. The van der Waals surface area contributed by atoms with Gasteiger partial charge in [0.05, 0.1) is 22.7 Å². The molecule has 1 heterocycles. The Morgan fingerprint density at radius 1 is 0.879 bits per heavy atom. The first-order chi connectivity index (χ1) is 15.5. The highest BCUT2D eigenvalue weighted by molar-refractivity contribution is 5.83. The number of hydrogen-bond acceptors (Lipinski definition) is 3. The molecule has 5 heteroatoms. The van der Waals surface area contributed by atoms with E-state index in [-0.39, 0.29) is 11.1 Å². The molecule has 0 aliphatic rings. The van der Waals surface area contributed by atoms with Gasteiger partial charge in [0.1, 0.15) is 5.60 Å². The quantitative estimate of drug-likeness (QED) is 0.476. The van der Waals surface area contributed by atoms with Crippen LogP contribution in [0.5, 0.6) is 0 Å². The van der Waals surface area contributed by atoms with E-state index in [0.29, 0.717) is 12.1 Å². The predicted octanol–water partition coefficient (Wildman–Crippen LogP) is 5.18. The minimum Gasteiger partial charge on any atom is -0.381 e. The molecule has 168 valence electrons. The van der Waals surface area contributed by atoms with Crippen molar-refractivity contribution in [2.45, 2.75) is 39.8 Å². The van der Waals surface area contributed by atoms with Crippen molar-refractivity contribution >= 4 is 11.0 Å². The lowest BCUT2D eigenvalue weighted by molar-refractivity contribution is 0.102. The number of aryl methyl sites for hydroxylation is 1. The molecule has 1 unspecified atom stereocenters. The molecule has 4 rings (SSSR count). The summed E-state index contributed by atoms with van der Waals surface area (Å²) in [6, 6.07) is 23.0. The van der Waals surface area contributed by atoms with Crippen LogP contribution in [0.2, 0.25) is 0 Å². The van der Waals surface area contributed by atoms with Crippen LogP contribution >= 0.6 is 0 Å². The summed E-state index contributed by atoms with van der Waals surface area (Å²) >= 11 is 0. The van der Waals surface area contributed by atoms with Gasteiger partial charge in [0.15, 0.2) is 0 Å². The van der Waals surface area contributed by atoms with Crippen molar-refractivity contribution < 1.29 is 5.11 Å². The van der Waals surface area contributed by atoms with Crippen LogP contribution < -0.4 is 5.69 Å². The van der Waals surface area contributed by atoms with E-state index in [1.807, 2.05) is 47.0 Å². The van der Waals surface area contributed by atoms with Crippen molar-refractivity contribution in [1.82, 2.24) is 9.13 Å². The molecule has 1 aromatic heterocycles. The number of imidazole rings is 1. The smallest absolute Gasteiger partial charge is 0.328 e. The van der Waals surface area contributed by atoms with Crippen LogP contribution in [0.3, 0.4) is 0 Å². The van der Waals surface area contributed by atoms with Gasteiger partial charge >= 0.3 is 5.69 Å². The largest absolute Gasteiger partial charge is 0.381 e. The second-order valence-electron chi connectivity index (χ2n) is 10.0. The molecule has 0 saturated heterocycles. The molecular weight excluding hydrogens is 410 g/mol. The summed E-state index contributed by atoms with van der Waals surface area (Å²) in [4.78, 5) is 12.9. The number of aliphatic hydroxyl groups is 1. The minimum absolute atomic E-state index is 0.0118. The Balaban J connectivity index is 1.77. The van der Waals surface area contributed by atoms with Crippen LogP contribution in [0.1, 0.15) is 44.4 Å². The summed E-state index contributed by atoms with van der Waals surface area (Å²) in [7, 11) is 1.81. The van der Waals surface area contributed by atoms with Crippen molar-refractivity contribution in [3.8, 4) is 17.2 Å². The highest BCUT2D eigenvalue weighted by atomic mass is 16.3. The van der Waals surface area contributed by atoms with Gasteiger partial charge in [-0.1, -0.05) is 57.2 Å². The number of nitrogens with zero attached hydrogens (tertiary/aromatic N) is 3. The first-order valence-corrected chi connectivity index (χ1v) is 11.0.